The van der Waals surface area contributed by atoms with Crippen molar-refractivity contribution < 1.29 is 17.5 Å². The molecule has 1 fully saturated rings. The van der Waals surface area contributed by atoms with Crippen LogP contribution in [0.2, 0.25) is 0 Å². The lowest BCUT2D eigenvalue weighted by atomic mass is 9.99. The smallest absolute Gasteiger partial charge is 0.246 e. The Balaban J connectivity index is 1.80. The molecule has 2 aromatic heterocycles. The summed E-state index contributed by atoms with van der Waals surface area (Å²) in [7, 11) is -3.82. The molecule has 1 aliphatic carbocycles. The summed E-state index contributed by atoms with van der Waals surface area (Å²) in [4.78, 5) is 4.33. The summed E-state index contributed by atoms with van der Waals surface area (Å²) in [5.74, 6) is 0.834. The Hall–Kier alpha value is -1.78. The zero-order valence-corrected chi connectivity index (χ0v) is 14.7. The highest BCUT2D eigenvalue weighted by molar-refractivity contribution is 7.89. The zero-order valence-electron chi connectivity index (χ0n) is 13.9. The van der Waals surface area contributed by atoms with Gasteiger partial charge in [-0.25, -0.2) is 8.42 Å². The number of nitrogens with one attached hydrogen (secondary N) is 1. The van der Waals surface area contributed by atoms with Crippen molar-refractivity contribution in [3.05, 3.63) is 23.2 Å². The molecule has 0 radical (unpaired) electrons. The van der Waals surface area contributed by atoms with E-state index in [4.69, 9.17) is 14.8 Å². The summed E-state index contributed by atoms with van der Waals surface area (Å²) < 4.78 is 37.7. The van der Waals surface area contributed by atoms with Gasteiger partial charge in [0.15, 0.2) is 11.6 Å². The van der Waals surface area contributed by atoms with E-state index in [1.54, 1.807) is 20.8 Å². The van der Waals surface area contributed by atoms with Gasteiger partial charge in [0, 0.05) is 0 Å². The number of sulfonamides is 1. The Bertz CT molecular complexity index is 816. The van der Waals surface area contributed by atoms with E-state index in [0.29, 0.717) is 11.5 Å². The number of hydrogen-bond acceptors (Lipinski definition) is 8. The van der Waals surface area contributed by atoms with E-state index in [-0.39, 0.29) is 16.5 Å². The Morgan fingerprint density at radius 1 is 1.21 bits per heavy atom. The minimum atomic E-state index is -3.82. The molecule has 0 saturated heterocycles. The monoisotopic (exact) mass is 355 g/mol. The second-order valence-electron chi connectivity index (χ2n) is 6.32. The first kappa shape index (κ1) is 17.1. The van der Waals surface area contributed by atoms with Gasteiger partial charge in [0.25, 0.3) is 0 Å². The fourth-order valence-corrected chi connectivity index (χ4v) is 4.57. The predicted octanol–water partition coefficient (Wildman–Crippen LogP) is 1.44. The summed E-state index contributed by atoms with van der Waals surface area (Å²) in [6.07, 6.45) is 3.64. The Morgan fingerprint density at radius 3 is 2.46 bits per heavy atom. The molecule has 9 nitrogen and oxygen atoms in total. The lowest BCUT2D eigenvalue weighted by Gasteiger charge is -2.17. The lowest BCUT2D eigenvalue weighted by molar-refractivity contribution is 0.333. The van der Waals surface area contributed by atoms with Gasteiger partial charge in [0.1, 0.15) is 10.6 Å². The van der Waals surface area contributed by atoms with Crippen molar-refractivity contribution in [2.45, 2.75) is 62.9 Å². The average Bonchev–Trinajstić information content (AvgIpc) is 3.19. The van der Waals surface area contributed by atoms with Crippen molar-refractivity contribution in [2.75, 3.05) is 0 Å². The molecule has 2 heterocycles. The van der Waals surface area contributed by atoms with Gasteiger partial charge in [-0.2, -0.15) is 9.71 Å². The molecular weight excluding hydrogens is 334 g/mol. The van der Waals surface area contributed by atoms with Crippen LogP contribution in [0, 0.1) is 13.8 Å². The average molecular weight is 355 g/mol. The Kier molecular flexibility index (Phi) is 4.22. The van der Waals surface area contributed by atoms with E-state index in [0.717, 1.165) is 25.7 Å². The molecule has 1 saturated carbocycles. The molecule has 10 heteroatoms. The van der Waals surface area contributed by atoms with Gasteiger partial charge < -0.3 is 14.8 Å². The molecule has 24 heavy (non-hydrogen) atoms. The standard InChI is InChI=1S/C14H21N5O4S/c1-8-11(10(3)22-17-8)24(20,21)19-9(2)12-16-13(18-23-12)14(15)6-4-5-7-14/h9,19H,4-7,15H2,1-3H3. The summed E-state index contributed by atoms with van der Waals surface area (Å²) in [6, 6.07) is -0.699. The van der Waals surface area contributed by atoms with Crippen LogP contribution in [0.15, 0.2) is 13.9 Å². The van der Waals surface area contributed by atoms with Crippen LogP contribution in [-0.2, 0) is 15.6 Å². The van der Waals surface area contributed by atoms with Crippen molar-refractivity contribution in [1.82, 2.24) is 20.0 Å². The summed E-state index contributed by atoms with van der Waals surface area (Å²) in [6.45, 7) is 4.74. The maximum atomic E-state index is 12.5. The highest BCUT2D eigenvalue weighted by Crippen LogP contribution is 2.35. The fraction of sp³-hybridized carbons (Fsp3) is 0.643. The van der Waals surface area contributed by atoms with Crippen LogP contribution in [0.1, 0.15) is 61.8 Å². The van der Waals surface area contributed by atoms with Crippen LogP contribution >= 0.6 is 0 Å². The van der Waals surface area contributed by atoms with Crippen molar-refractivity contribution >= 4 is 10.0 Å². The van der Waals surface area contributed by atoms with Gasteiger partial charge in [0.05, 0.1) is 11.6 Å². The molecule has 1 unspecified atom stereocenters. The van der Waals surface area contributed by atoms with Crippen molar-refractivity contribution in [1.29, 1.82) is 0 Å². The largest absolute Gasteiger partial charge is 0.360 e. The van der Waals surface area contributed by atoms with E-state index in [9.17, 15) is 8.42 Å². The topological polar surface area (TPSA) is 137 Å². The van der Waals surface area contributed by atoms with Gasteiger partial charge in [-0.1, -0.05) is 23.2 Å². The third-order valence-electron chi connectivity index (χ3n) is 4.32. The Morgan fingerprint density at radius 2 is 1.88 bits per heavy atom. The molecule has 0 aliphatic heterocycles. The van der Waals surface area contributed by atoms with Crippen molar-refractivity contribution in [2.24, 2.45) is 5.73 Å². The quantitative estimate of drug-likeness (QED) is 0.822. The molecule has 0 aromatic carbocycles. The number of hydrogen-bond donors (Lipinski definition) is 2. The minimum absolute atomic E-state index is 0.0279. The minimum Gasteiger partial charge on any atom is -0.360 e. The first-order chi connectivity index (χ1) is 11.2. The van der Waals surface area contributed by atoms with Crippen molar-refractivity contribution in [3.63, 3.8) is 0 Å². The van der Waals surface area contributed by atoms with Gasteiger partial charge in [-0.05, 0) is 33.6 Å². The third-order valence-corrected chi connectivity index (χ3v) is 6.11. The molecule has 0 spiro atoms. The van der Waals surface area contributed by atoms with Crippen molar-refractivity contribution in [3.8, 4) is 0 Å². The number of rotatable bonds is 5. The third kappa shape index (κ3) is 2.96. The van der Waals surface area contributed by atoms with Gasteiger partial charge >= 0.3 is 0 Å². The van der Waals surface area contributed by atoms with Gasteiger partial charge in [0.2, 0.25) is 15.9 Å². The molecular formula is C14H21N5O4S. The highest BCUT2D eigenvalue weighted by Gasteiger charge is 2.37. The maximum Gasteiger partial charge on any atom is 0.246 e. The molecule has 2 aromatic rings. The van der Waals surface area contributed by atoms with Crippen LogP contribution in [0.4, 0.5) is 0 Å². The molecule has 3 rings (SSSR count). The SMILES string of the molecule is Cc1noc(C)c1S(=O)(=O)NC(C)c1nc(C2(N)CCCC2)no1. The Labute approximate surface area is 140 Å². The van der Waals surface area contributed by atoms with E-state index in [2.05, 4.69) is 20.0 Å². The van der Waals surface area contributed by atoms with Crippen LogP contribution in [-0.4, -0.2) is 23.7 Å². The van der Waals surface area contributed by atoms with Crippen LogP contribution in [0.5, 0.6) is 0 Å². The normalized spacial score (nSPS) is 18.8. The van der Waals surface area contributed by atoms with E-state index in [1.807, 2.05) is 0 Å². The summed E-state index contributed by atoms with van der Waals surface area (Å²) in [5, 5.41) is 7.61. The van der Waals surface area contributed by atoms with Gasteiger partial charge in [-0.3, -0.25) is 0 Å². The first-order valence-electron chi connectivity index (χ1n) is 7.81. The second kappa shape index (κ2) is 5.94. The molecule has 1 atom stereocenters. The number of nitrogens with two attached hydrogens (primary N) is 1. The fourth-order valence-electron chi connectivity index (χ4n) is 3.04. The molecule has 0 amide bonds. The number of aryl methyl sites for hydroxylation is 2. The first-order valence-corrected chi connectivity index (χ1v) is 9.29. The summed E-state index contributed by atoms with van der Waals surface area (Å²) in [5.41, 5.74) is 6.01. The predicted molar refractivity (Wildman–Crippen MR) is 83.3 cm³/mol. The second-order valence-corrected chi connectivity index (χ2v) is 7.97. The van der Waals surface area contributed by atoms with E-state index in [1.165, 1.54) is 0 Å². The van der Waals surface area contributed by atoms with Crippen LogP contribution < -0.4 is 10.5 Å². The molecule has 0 bridgehead atoms. The van der Waals surface area contributed by atoms with Gasteiger partial charge in [-0.15, -0.1) is 0 Å². The highest BCUT2D eigenvalue weighted by atomic mass is 32.2. The van der Waals surface area contributed by atoms with Crippen LogP contribution in [0.25, 0.3) is 0 Å². The summed E-state index contributed by atoms with van der Waals surface area (Å²) >= 11 is 0. The number of nitrogens with zero attached hydrogens (tertiary/aromatic N) is 3. The lowest BCUT2D eigenvalue weighted by Crippen LogP contribution is -2.34. The molecule has 3 N–H and O–H groups in total. The van der Waals surface area contributed by atoms with Crippen LogP contribution in [0.3, 0.4) is 0 Å². The van der Waals surface area contributed by atoms with E-state index < -0.39 is 21.6 Å². The molecule has 132 valence electrons. The number of aromatic nitrogens is 3. The van der Waals surface area contributed by atoms with E-state index >= 15 is 0 Å². The zero-order chi connectivity index (χ0) is 17.5. The molecule has 1 aliphatic rings. The maximum absolute atomic E-state index is 12.5.